The van der Waals surface area contributed by atoms with E-state index in [1.165, 1.54) is 12.1 Å². The van der Waals surface area contributed by atoms with Crippen LogP contribution in [0.1, 0.15) is 34.6 Å². The first-order valence-corrected chi connectivity index (χ1v) is 10.4. The third-order valence-corrected chi connectivity index (χ3v) is 5.11. The molecule has 2 aromatic carbocycles. The zero-order valence-electron chi connectivity index (χ0n) is 18.3. The zero-order chi connectivity index (χ0) is 24.0. The molecular formula is C24H25F3N2O4. The highest BCUT2D eigenvalue weighted by molar-refractivity contribution is 5.67. The highest BCUT2D eigenvalue weighted by Gasteiger charge is 2.30. The predicted octanol–water partition coefficient (Wildman–Crippen LogP) is 5.03. The number of aromatic nitrogens is 1. The van der Waals surface area contributed by atoms with Crippen LogP contribution in [-0.2, 0) is 30.4 Å². The molecule has 33 heavy (non-hydrogen) atoms. The van der Waals surface area contributed by atoms with E-state index in [-0.39, 0.29) is 12.3 Å². The Hall–Kier alpha value is -3.33. The Bertz CT molecular complexity index is 1090. The Morgan fingerprint density at radius 1 is 1.12 bits per heavy atom. The van der Waals surface area contributed by atoms with Gasteiger partial charge in [0.15, 0.2) is 0 Å². The lowest BCUT2D eigenvalue weighted by Gasteiger charge is -2.12. The lowest BCUT2D eigenvalue weighted by molar-refractivity contribution is -0.138. The third kappa shape index (κ3) is 6.58. The van der Waals surface area contributed by atoms with E-state index in [1.807, 2.05) is 19.2 Å². The Morgan fingerprint density at radius 2 is 1.85 bits per heavy atom. The number of hydrogen-bond donors (Lipinski definition) is 2. The summed E-state index contributed by atoms with van der Waals surface area (Å²) in [5, 5.41) is 12.0. The van der Waals surface area contributed by atoms with E-state index >= 15 is 0 Å². The standard InChI is InChI=1S/C24H25F3N2O4/c1-15-21(29-23(33-15)17-3-7-19(8-4-17)24(25,26)27)11-12-32-20-9-5-16(6-10-22(30)31)18(13-20)14-28-2/h3-5,7-9,13,28H,6,10-12,14H2,1-2H3,(H,30,31). The van der Waals surface area contributed by atoms with Crippen molar-refractivity contribution in [2.24, 2.45) is 0 Å². The predicted molar refractivity (Wildman–Crippen MR) is 116 cm³/mol. The highest BCUT2D eigenvalue weighted by Crippen LogP contribution is 2.31. The summed E-state index contributed by atoms with van der Waals surface area (Å²) in [6, 6.07) is 10.2. The average Bonchev–Trinajstić information content (AvgIpc) is 3.13. The van der Waals surface area contributed by atoms with Crippen LogP contribution < -0.4 is 10.1 Å². The van der Waals surface area contributed by atoms with Crippen LogP contribution in [0.15, 0.2) is 46.9 Å². The molecule has 0 unspecified atom stereocenters. The van der Waals surface area contributed by atoms with Crippen molar-refractivity contribution >= 4 is 5.97 Å². The molecule has 1 aromatic heterocycles. The van der Waals surface area contributed by atoms with Gasteiger partial charge in [-0.2, -0.15) is 13.2 Å². The molecule has 0 aliphatic carbocycles. The van der Waals surface area contributed by atoms with Crippen molar-refractivity contribution in [3.63, 3.8) is 0 Å². The van der Waals surface area contributed by atoms with Crippen LogP contribution in [0.3, 0.4) is 0 Å². The van der Waals surface area contributed by atoms with E-state index in [2.05, 4.69) is 10.3 Å². The highest BCUT2D eigenvalue weighted by atomic mass is 19.4. The van der Waals surface area contributed by atoms with Crippen LogP contribution in [0, 0.1) is 6.92 Å². The van der Waals surface area contributed by atoms with Crippen LogP contribution in [0.2, 0.25) is 0 Å². The number of aliphatic carboxylic acids is 1. The van der Waals surface area contributed by atoms with E-state index in [1.54, 1.807) is 13.0 Å². The number of benzene rings is 2. The fourth-order valence-corrected chi connectivity index (χ4v) is 3.38. The first-order chi connectivity index (χ1) is 15.7. The molecule has 0 aliphatic heterocycles. The number of nitrogens with one attached hydrogen (secondary N) is 1. The van der Waals surface area contributed by atoms with Gasteiger partial charge in [0.25, 0.3) is 0 Å². The Kier molecular flexibility index (Phi) is 7.75. The number of oxazole rings is 1. The normalized spacial score (nSPS) is 11.5. The van der Waals surface area contributed by atoms with E-state index in [0.717, 1.165) is 23.3 Å². The number of rotatable bonds is 10. The van der Waals surface area contributed by atoms with Crippen LogP contribution in [0.25, 0.3) is 11.5 Å². The SMILES string of the molecule is CNCc1cc(OCCc2nc(-c3ccc(C(F)(F)F)cc3)oc2C)ccc1CCC(=O)O. The van der Waals surface area contributed by atoms with Crippen LogP contribution in [0.5, 0.6) is 5.75 Å². The average molecular weight is 462 g/mol. The summed E-state index contributed by atoms with van der Waals surface area (Å²) < 4.78 is 49.7. The molecule has 6 nitrogen and oxygen atoms in total. The van der Waals surface area contributed by atoms with Crippen LogP contribution >= 0.6 is 0 Å². The summed E-state index contributed by atoms with van der Waals surface area (Å²) in [5.74, 6) is 0.650. The topological polar surface area (TPSA) is 84.6 Å². The van der Waals surface area contributed by atoms with Crippen LogP contribution in [-0.4, -0.2) is 29.7 Å². The van der Waals surface area contributed by atoms with Crippen molar-refractivity contribution in [2.45, 2.75) is 38.9 Å². The number of carboxylic acid groups (broad SMARTS) is 1. The minimum atomic E-state index is -4.39. The molecule has 0 saturated heterocycles. The molecule has 0 fully saturated rings. The molecule has 0 amide bonds. The molecule has 0 atom stereocenters. The molecule has 9 heteroatoms. The molecule has 1 heterocycles. The van der Waals surface area contributed by atoms with Crippen molar-refractivity contribution in [1.82, 2.24) is 10.3 Å². The Balaban J connectivity index is 1.63. The van der Waals surface area contributed by atoms with E-state index in [0.29, 0.717) is 48.8 Å². The summed E-state index contributed by atoms with van der Waals surface area (Å²) in [4.78, 5) is 15.3. The smallest absolute Gasteiger partial charge is 0.416 e. The first kappa shape index (κ1) is 24.3. The van der Waals surface area contributed by atoms with Gasteiger partial charge >= 0.3 is 12.1 Å². The minimum absolute atomic E-state index is 0.0591. The molecule has 3 aromatic rings. The number of nitrogens with zero attached hydrogens (tertiary/aromatic N) is 1. The quantitative estimate of drug-likeness (QED) is 0.440. The number of carboxylic acids is 1. The molecule has 0 saturated carbocycles. The van der Waals surface area contributed by atoms with Crippen molar-refractivity contribution < 1.29 is 32.2 Å². The van der Waals surface area contributed by atoms with Crippen molar-refractivity contribution in [2.75, 3.05) is 13.7 Å². The number of carbonyl (C=O) groups is 1. The van der Waals surface area contributed by atoms with Crippen LogP contribution in [0.4, 0.5) is 13.2 Å². The van der Waals surface area contributed by atoms with Gasteiger partial charge < -0.3 is 19.6 Å². The van der Waals surface area contributed by atoms with Gasteiger partial charge in [-0.1, -0.05) is 6.07 Å². The molecule has 0 bridgehead atoms. The maximum atomic E-state index is 12.7. The second-order valence-corrected chi connectivity index (χ2v) is 7.55. The molecule has 0 aliphatic rings. The minimum Gasteiger partial charge on any atom is -0.493 e. The molecule has 3 rings (SSSR count). The fourth-order valence-electron chi connectivity index (χ4n) is 3.38. The summed E-state index contributed by atoms with van der Waals surface area (Å²) in [6.45, 7) is 2.66. The Morgan fingerprint density at radius 3 is 2.48 bits per heavy atom. The summed E-state index contributed by atoms with van der Waals surface area (Å²) in [7, 11) is 1.82. The number of halogens is 3. The van der Waals surface area contributed by atoms with Gasteiger partial charge in [0.1, 0.15) is 11.5 Å². The first-order valence-electron chi connectivity index (χ1n) is 10.4. The Labute approximate surface area is 189 Å². The van der Waals surface area contributed by atoms with Gasteiger partial charge in [0.05, 0.1) is 17.9 Å². The fraction of sp³-hybridized carbons (Fsp3) is 0.333. The summed E-state index contributed by atoms with van der Waals surface area (Å²) in [6.07, 6.45) is -3.44. The van der Waals surface area contributed by atoms with E-state index in [9.17, 15) is 18.0 Å². The zero-order valence-corrected chi connectivity index (χ0v) is 18.3. The summed E-state index contributed by atoms with van der Waals surface area (Å²) >= 11 is 0. The van der Waals surface area contributed by atoms with Gasteiger partial charge in [-0.05, 0) is 67.9 Å². The van der Waals surface area contributed by atoms with Gasteiger partial charge in [-0.15, -0.1) is 0 Å². The van der Waals surface area contributed by atoms with Crippen molar-refractivity contribution in [3.8, 4) is 17.2 Å². The molecule has 2 N–H and O–H groups in total. The largest absolute Gasteiger partial charge is 0.493 e. The summed E-state index contributed by atoms with van der Waals surface area (Å²) in [5.41, 5.74) is 2.33. The number of aryl methyl sites for hydroxylation is 2. The van der Waals surface area contributed by atoms with Gasteiger partial charge in [-0.25, -0.2) is 4.98 Å². The number of hydrogen-bond acceptors (Lipinski definition) is 5. The van der Waals surface area contributed by atoms with Gasteiger partial charge in [0.2, 0.25) is 5.89 Å². The maximum Gasteiger partial charge on any atom is 0.416 e. The molecule has 176 valence electrons. The second kappa shape index (κ2) is 10.5. The second-order valence-electron chi connectivity index (χ2n) is 7.55. The van der Waals surface area contributed by atoms with Crippen molar-refractivity contribution in [1.29, 1.82) is 0 Å². The number of alkyl halides is 3. The lowest BCUT2D eigenvalue weighted by Crippen LogP contribution is -2.10. The van der Waals surface area contributed by atoms with Crippen molar-refractivity contribution in [3.05, 3.63) is 70.6 Å². The monoisotopic (exact) mass is 462 g/mol. The molecule has 0 radical (unpaired) electrons. The molecule has 0 spiro atoms. The number of ether oxygens (including phenoxy) is 1. The van der Waals surface area contributed by atoms with Gasteiger partial charge in [-0.3, -0.25) is 4.79 Å². The third-order valence-electron chi connectivity index (χ3n) is 5.11. The van der Waals surface area contributed by atoms with E-state index < -0.39 is 17.7 Å². The van der Waals surface area contributed by atoms with E-state index in [4.69, 9.17) is 14.3 Å². The molecular weight excluding hydrogens is 437 g/mol. The maximum absolute atomic E-state index is 12.7. The van der Waals surface area contributed by atoms with Gasteiger partial charge in [0, 0.05) is 24.9 Å². The lowest BCUT2D eigenvalue weighted by atomic mass is 10.0.